The van der Waals surface area contributed by atoms with Crippen molar-refractivity contribution in [2.75, 3.05) is 10.2 Å². The van der Waals surface area contributed by atoms with E-state index in [1.807, 2.05) is 13.0 Å². The first-order valence-corrected chi connectivity index (χ1v) is 14.4. The second-order valence-corrected chi connectivity index (χ2v) is 12.0. The predicted molar refractivity (Wildman–Crippen MR) is 158 cm³/mol. The molecule has 11 heteroatoms. The molecule has 9 nitrogen and oxygen atoms in total. The molecule has 1 fully saturated rings. The van der Waals surface area contributed by atoms with Crippen LogP contribution in [0.2, 0.25) is 0 Å². The molecular formula is C28H32N6O3S2. The molecule has 0 aromatic carbocycles. The molecule has 3 atom stereocenters. The van der Waals surface area contributed by atoms with Crippen molar-refractivity contribution in [3.8, 4) is 0 Å². The molecule has 204 valence electrons. The second-order valence-electron chi connectivity index (χ2n) is 10.5. The van der Waals surface area contributed by atoms with Gasteiger partial charge in [-0.25, -0.2) is 9.78 Å². The van der Waals surface area contributed by atoms with Gasteiger partial charge in [0.1, 0.15) is 9.71 Å². The average molecular weight is 565 g/mol. The van der Waals surface area contributed by atoms with E-state index in [1.54, 1.807) is 23.4 Å². The van der Waals surface area contributed by atoms with Gasteiger partial charge in [0.2, 0.25) is 5.91 Å². The minimum Gasteiger partial charge on any atom is -0.348 e. The fourth-order valence-electron chi connectivity index (χ4n) is 5.45. The van der Waals surface area contributed by atoms with E-state index in [1.165, 1.54) is 17.4 Å². The number of pyridine rings is 2. The molecule has 4 amide bonds. The molecule has 3 aromatic heterocycles. The van der Waals surface area contributed by atoms with Gasteiger partial charge < -0.3 is 16.0 Å². The van der Waals surface area contributed by atoms with Crippen molar-refractivity contribution >= 4 is 69.1 Å². The Hall–Kier alpha value is -3.44. The number of hydrogen-bond acceptors (Lipinski definition) is 7. The Morgan fingerprint density at radius 2 is 2.10 bits per heavy atom. The van der Waals surface area contributed by atoms with Gasteiger partial charge in [0.05, 0.1) is 34.0 Å². The summed E-state index contributed by atoms with van der Waals surface area (Å²) in [4.78, 5) is 50.6. The Balaban J connectivity index is 1.45. The number of carbonyl (C=O) groups is 3. The van der Waals surface area contributed by atoms with E-state index in [0.717, 1.165) is 42.3 Å². The average Bonchev–Trinajstić information content (AvgIpc) is 3.50. The van der Waals surface area contributed by atoms with Crippen molar-refractivity contribution in [3.05, 3.63) is 53.3 Å². The summed E-state index contributed by atoms with van der Waals surface area (Å²) in [5.41, 5.74) is 3.74. The van der Waals surface area contributed by atoms with E-state index in [4.69, 9.17) is 0 Å². The molecule has 1 unspecified atom stereocenters. The first kappa shape index (κ1) is 27.1. The molecule has 0 spiro atoms. The topological polar surface area (TPSA) is 116 Å². The zero-order valence-corrected chi connectivity index (χ0v) is 23.9. The Bertz CT molecular complexity index is 1470. The van der Waals surface area contributed by atoms with E-state index in [9.17, 15) is 14.4 Å². The molecular weight excluding hydrogens is 532 g/mol. The lowest BCUT2D eigenvalue weighted by Gasteiger charge is -2.29. The SMILES string of the molecule is C=CC(=O)N[C@H](S)C1CCC[C@H]1NC(=O)c1sc2nccc3c2c1NC(=O)N3c1cnc(CC(C)C)cc1C. The Kier molecular flexibility index (Phi) is 7.64. The Morgan fingerprint density at radius 1 is 1.31 bits per heavy atom. The van der Waals surface area contributed by atoms with Crippen molar-refractivity contribution in [1.82, 2.24) is 20.6 Å². The zero-order chi connectivity index (χ0) is 27.8. The summed E-state index contributed by atoms with van der Waals surface area (Å²) in [7, 11) is 0. The van der Waals surface area contributed by atoms with Crippen LogP contribution in [-0.2, 0) is 11.2 Å². The van der Waals surface area contributed by atoms with Gasteiger partial charge in [0.25, 0.3) is 5.91 Å². The summed E-state index contributed by atoms with van der Waals surface area (Å²) in [6.45, 7) is 9.75. The number of thiophene rings is 1. The number of carbonyl (C=O) groups excluding carboxylic acids is 3. The van der Waals surface area contributed by atoms with Gasteiger partial charge in [-0.15, -0.1) is 11.3 Å². The fraction of sp³-hybridized carbons (Fsp3) is 0.393. The van der Waals surface area contributed by atoms with E-state index < -0.39 is 5.37 Å². The van der Waals surface area contributed by atoms with Gasteiger partial charge in [0, 0.05) is 23.9 Å². The molecule has 0 saturated heterocycles. The first-order chi connectivity index (χ1) is 18.7. The minimum atomic E-state index is -0.408. The van der Waals surface area contributed by atoms with Gasteiger partial charge in [-0.3, -0.25) is 19.5 Å². The number of amides is 4. The maximum absolute atomic E-state index is 13.5. The molecule has 0 radical (unpaired) electrons. The number of anilines is 3. The van der Waals surface area contributed by atoms with Crippen molar-refractivity contribution in [1.29, 1.82) is 0 Å². The highest BCUT2D eigenvalue weighted by atomic mass is 32.1. The molecule has 1 aliphatic heterocycles. The number of thiol groups is 1. The van der Waals surface area contributed by atoms with Crippen LogP contribution >= 0.6 is 24.0 Å². The molecule has 1 saturated carbocycles. The molecule has 1 aliphatic carbocycles. The highest BCUT2D eigenvalue weighted by Crippen LogP contribution is 2.46. The van der Waals surface area contributed by atoms with Gasteiger partial charge in [0.15, 0.2) is 0 Å². The standard InChI is InChI=1S/C28H32N6O3S2/c1-5-21(35)32-26(38)17-7-6-8-18(17)31-25(36)24-23-22-19(9-10-29-27(22)39-24)34(28(37)33-23)20-13-30-16(11-14(2)3)12-15(20)4/h5,9-10,12-14,17-18,26,38H,1,6-8,11H2,2-4H3,(H,31,36)(H,32,35)(H,33,37)/t17?,18-,26-/m1/s1. The number of aromatic nitrogens is 2. The van der Waals surface area contributed by atoms with Crippen LogP contribution in [0.1, 0.15) is 54.0 Å². The summed E-state index contributed by atoms with van der Waals surface area (Å²) >= 11 is 5.82. The number of hydrogen-bond donors (Lipinski definition) is 4. The van der Waals surface area contributed by atoms with E-state index in [2.05, 4.69) is 59.0 Å². The highest BCUT2D eigenvalue weighted by molar-refractivity contribution is 7.80. The van der Waals surface area contributed by atoms with E-state index in [-0.39, 0.29) is 29.8 Å². The minimum absolute atomic E-state index is 0.0279. The maximum atomic E-state index is 13.5. The quantitative estimate of drug-likeness (QED) is 0.167. The first-order valence-electron chi connectivity index (χ1n) is 13.1. The number of rotatable bonds is 8. The number of urea groups is 1. The molecule has 5 rings (SSSR count). The van der Waals surface area contributed by atoms with Crippen LogP contribution in [0.5, 0.6) is 0 Å². The van der Waals surface area contributed by atoms with Crippen LogP contribution in [0, 0.1) is 18.8 Å². The van der Waals surface area contributed by atoms with Gasteiger partial charge in [-0.1, -0.05) is 26.8 Å². The van der Waals surface area contributed by atoms with E-state index >= 15 is 0 Å². The summed E-state index contributed by atoms with van der Waals surface area (Å²) in [6, 6.07) is 3.29. The summed E-state index contributed by atoms with van der Waals surface area (Å²) in [5, 5.41) is 9.20. The third-order valence-corrected chi connectivity index (χ3v) is 8.83. The Labute approximate surface area is 236 Å². The number of nitrogens with one attached hydrogen (secondary N) is 3. The van der Waals surface area contributed by atoms with Crippen LogP contribution in [0.3, 0.4) is 0 Å². The highest BCUT2D eigenvalue weighted by Gasteiger charge is 2.37. The summed E-state index contributed by atoms with van der Waals surface area (Å²) < 4.78 is 0. The molecule has 2 aliphatic rings. The van der Waals surface area contributed by atoms with Crippen LogP contribution in [0.15, 0.2) is 37.2 Å². The van der Waals surface area contributed by atoms with Crippen molar-refractivity contribution in [2.45, 2.75) is 57.9 Å². The van der Waals surface area contributed by atoms with Crippen LogP contribution in [-0.4, -0.2) is 39.2 Å². The molecule has 39 heavy (non-hydrogen) atoms. The lowest BCUT2D eigenvalue weighted by molar-refractivity contribution is -0.116. The molecule has 4 heterocycles. The summed E-state index contributed by atoms with van der Waals surface area (Å²) in [5.74, 6) is -0.134. The Morgan fingerprint density at radius 3 is 2.82 bits per heavy atom. The van der Waals surface area contributed by atoms with Gasteiger partial charge in [-0.05, 0) is 55.9 Å². The van der Waals surface area contributed by atoms with Crippen molar-refractivity contribution in [2.24, 2.45) is 11.8 Å². The number of aryl methyl sites for hydroxylation is 1. The van der Waals surface area contributed by atoms with Crippen LogP contribution in [0.4, 0.5) is 21.9 Å². The van der Waals surface area contributed by atoms with Crippen LogP contribution < -0.4 is 20.9 Å². The smallest absolute Gasteiger partial charge is 0.331 e. The normalized spacial score (nSPS) is 19.2. The lowest BCUT2D eigenvalue weighted by atomic mass is 10.0. The van der Waals surface area contributed by atoms with Gasteiger partial charge >= 0.3 is 6.03 Å². The maximum Gasteiger partial charge on any atom is 0.331 e. The van der Waals surface area contributed by atoms with Gasteiger partial charge in [-0.2, -0.15) is 12.6 Å². The molecule has 3 aromatic rings. The third-order valence-electron chi connectivity index (χ3n) is 7.22. The van der Waals surface area contributed by atoms with Crippen molar-refractivity contribution in [3.63, 3.8) is 0 Å². The van der Waals surface area contributed by atoms with Crippen LogP contribution in [0.25, 0.3) is 10.2 Å². The second kappa shape index (κ2) is 11.0. The predicted octanol–water partition coefficient (Wildman–Crippen LogP) is 5.34. The third kappa shape index (κ3) is 5.25. The lowest BCUT2D eigenvalue weighted by Crippen LogP contribution is -2.45. The monoisotopic (exact) mass is 564 g/mol. The summed E-state index contributed by atoms with van der Waals surface area (Å²) in [6.07, 6.45) is 7.98. The molecule has 0 bridgehead atoms. The van der Waals surface area contributed by atoms with Crippen molar-refractivity contribution < 1.29 is 14.4 Å². The molecule has 3 N–H and O–H groups in total. The number of nitrogens with zero attached hydrogens (tertiary/aromatic N) is 3. The fourth-order valence-corrected chi connectivity index (χ4v) is 6.95. The zero-order valence-electron chi connectivity index (χ0n) is 22.2. The van der Waals surface area contributed by atoms with E-state index in [0.29, 0.717) is 32.7 Å². The largest absolute Gasteiger partial charge is 0.348 e.